The van der Waals surface area contributed by atoms with Crippen molar-refractivity contribution in [2.45, 2.75) is 19.3 Å². The number of hydrogen-bond acceptors (Lipinski definition) is 4. The molecule has 1 amide bonds. The van der Waals surface area contributed by atoms with Gasteiger partial charge in [0.25, 0.3) is 5.91 Å². The van der Waals surface area contributed by atoms with Crippen LogP contribution in [-0.4, -0.2) is 22.6 Å². The van der Waals surface area contributed by atoms with E-state index in [1.807, 2.05) is 12.1 Å². The number of fused-ring (bicyclic) bond motifs is 1. The van der Waals surface area contributed by atoms with E-state index in [0.29, 0.717) is 5.75 Å². The summed E-state index contributed by atoms with van der Waals surface area (Å²) in [6.07, 6.45) is 4.87. The molecule has 1 aliphatic rings. The fraction of sp³-hybridized carbons (Fsp3) is 0.250. The van der Waals surface area contributed by atoms with Crippen LogP contribution >= 0.6 is 0 Å². The number of carbonyl (C=O) groups is 1. The molecule has 0 atom stereocenters. The molecule has 1 aromatic carbocycles. The number of aromatic hydroxyl groups is 1. The van der Waals surface area contributed by atoms with Crippen LogP contribution < -0.4 is 10.1 Å². The second kappa shape index (κ2) is 5.83. The van der Waals surface area contributed by atoms with Crippen LogP contribution in [0.15, 0.2) is 36.5 Å². The van der Waals surface area contributed by atoms with Crippen LogP contribution in [0, 0.1) is 0 Å². The van der Waals surface area contributed by atoms with Crippen LogP contribution in [0.1, 0.15) is 17.5 Å². The Bertz CT molecular complexity index is 670. The molecule has 0 spiro atoms. The fourth-order valence-electron chi connectivity index (χ4n) is 2.45. The Hall–Kier alpha value is -2.56. The molecule has 2 N–H and O–H groups in total. The smallest absolute Gasteiger partial charge is 0.263 e. The SMILES string of the molecule is O=C(COc1ccc2c(c1)CCC2)Nc1ncccc1O. The van der Waals surface area contributed by atoms with Gasteiger partial charge in [0.2, 0.25) is 0 Å². The first-order chi connectivity index (χ1) is 10.2. The van der Waals surface area contributed by atoms with Crippen molar-refractivity contribution in [1.82, 2.24) is 4.98 Å². The summed E-state index contributed by atoms with van der Waals surface area (Å²) in [6.45, 7) is -0.116. The molecule has 0 radical (unpaired) electrons. The molecule has 0 saturated carbocycles. The molecule has 21 heavy (non-hydrogen) atoms. The lowest BCUT2D eigenvalue weighted by Crippen LogP contribution is -2.20. The molecule has 108 valence electrons. The third-order valence-electron chi connectivity index (χ3n) is 3.48. The van der Waals surface area contributed by atoms with Gasteiger partial charge >= 0.3 is 0 Å². The highest BCUT2D eigenvalue weighted by atomic mass is 16.5. The van der Waals surface area contributed by atoms with E-state index in [1.54, 1.807) is 6.07 Å². The van der Waals surface area contributed by atoms with E-state index in [2.05, 4.69) is 16.4 Å². The molecule has 2 aromatic rings. The molecular weight excluding hydrogens is 268 g/mol. The van der Waals surface area contributed by atoms with E-state index in [4.69, 9.17) is 4.74 Å². The van der Waals surface area contributed by atoms with Gasteiger partial charge in [0.1, 0.15) is 5.75 Å². The minimum atomic E-state index is -0.357. The quantitative estimate of drug-likeness (QED) is 0.903. The van der Waals surface area contributed by atoms with Crippen molar-refractivity contribution in [3.05, 3.63) is 47.7 Å². The number of rotatable bonds is 4. The molecule has 0 bridgehead atoms. The van der Waals surface area contributed by atoms with Crippen LogP contribution in [0.25, 0.3) is 0 Å². The molecule has 0 fully saturated rings. The summed E-state index contributed by atoms with van der Waals surface area (Å²) in [6, 6.07) is 8.99. The molecule has 1 aromatic heterocycles. The van der Waals surface area contributed by atoms with Gasteiger partial charge in [-0.2, -0.15) is 0 Å². The first kappa shape index (κ1) is 13.4. The van der Waals surface area contributed by atoms with Gasteiger partial charge in [0, 0.05) is 6.20 Å². The lowest BCUT2D eigenvalue weighted by molar-refractivity contribution is -0.118. The zero-order chi connectivity index (χ0) is 14.7. The van der Waals surface area contributed by atoms with Crippen molar-refractivity contribution in [3.63, 3.8) is 0 Å². The molecule has 1 aliphatic carbocycles. The number of benzene rings is 1. The number of ether oxygens (including phenoxy) is 1. The Morgan fingerprint density at radius 1 is 1.29 bits per heavy atom. The Morgan fingerprint density at radius 3 is 3.00 bits per heavy atom. The Morgan fingerprint density at radius 2 is 2.14 bits per heavy atom. The topological polar surface area (TPSA) is 71.5 Å². The maximum atomic E-state index is 11.8. The van der Waals surface area contributed by atoms with Crippen LogP contribution in [0.3, 0.4) is 0 Å². The summed E-state index contributed by atoms with van der Waals surface area (Å²) in [5.41, 5.74) is 2.67. The minimum absolute atomic E-state index is 0.0663. The highest BCUT2D eigenvalue weighted by Gasteiger charge is 2.12. The number of amides is 1. The third-order valence-corrected chi connectivity index (χ3v) is 3.48. The molecule has 0 unspecified atom stereocenters. The van der Waals surface area contributed by atoms with Gasteiger partial charge in [0.05, 0.1) is 0 Å². The number of nitrogens with zero attached hydrogens (tertiary/aromatic N) is 1. The molecule has 5 nitrogen and oxygen atoms in total. The summed E-state index contributed by atoms with van der Waals surface area (Å²) in [4.78, 5) is 15.7. The molecular formula is C16H16N2O3. The van der Waals surface area contributed by atoms with Crippen molar-refractivity contribution in [1.29, 1.82) is 0 Å². The molecule has 0 saturated heterocycles. The summed E-state index contributed by atoms with van der Waals surface area (Å²) in [5.74, 6) is 0.406. The highest BCUT2D eigenvalue weighted by Crippen LogP contribution is 2.26. The number of hydrogen-bond donors (Lipinski definition) is 2. The second-order valence-electron chi connectivity index (χ2n) is 4.99. The van der Waals surface area contributed by atoms with Crippen molar-refractivity contribution >= 4 is 11.7 Å². The van der Waals surface area contributed by atoms with Crippen LogP contribution in [0.2, 0.25) is 0 Å². The Balaban J connectivity index is 1.58. The summed E-state index contributed by atoms with van der Waals surface area (Å²) >= 11 is 0. The number of carbonyl (C=O) groups excluding carboxylic acids is 1. The maximum Gasteiger partial charge on any atom is 0.263 e. The number of aromatic nitrogens is 1. The fourth-order valence-corrected chi connectivity index (χ4v) is 2.45. The lowest BCUT2D eigenvalue weighted by atomic mass is 10.1. The summed E-state index contributed by atoms with van der Waals surface area (Å²) in [5, 5.41) is 12.0. The van der Waals surface area contributed by atoms with Gasteiger partial charge < -0.3 is 15.2 Å². The molecule has 5 heteroatoms. The Kier molecular flexibility index (Phi) is 3.73. The summed E-state index contributed by atoms with van der Waals surface area (Å²) in [7, 11) is 0. The number of pyridine rings is 1. The van der Waals surface area contributed by atoms with Gasteiger partial charge in [0.15, 0.2) is 18.2 Å². The number of nitrogens with one attached hydrogen (secondary N) is 1. The zero-order valence-corrected chi connectivity index (χ0v) is 11.5. The monoisotopic (exact) mass is 284 g/mol. The number of aryl methyl sites for hydroxylation is 2. The predicted octanol–water partition coefficient (Wildman–Crippen LogP) is 2.29. The number of anilines is 1. The van der Waals surface area contributed by atoms with Gasteiger partial charge in [-0.25, -0.2) is 4.98 Å². The molecule has 0 aliphatic heterocycles. The summed E-state index contributed by atoms with van der Waals surface area (Å²) < 4.78 is 5.48. The standard InChI is InChI=1S/C16H16N2O3/c19-14-5-2-8-17-16(14)18-15(20)10-21-13-7-6-11-3-1-4-12(11)9-13/h2,5-9,19H,1,3-4,10H2,(H,17,18,20). The van der Waals surface area contributed by atoms with Crippen LogP contribution in [0.4, 0.5) is 5.82 Å². The van der Waals surface area contributed by atoms with Crippen molar-refractivity contribution < 1.29 is 14.6 Å². The first-order valence-corrected chi connectivity index (χ1v) is 6.91. The van der Waals surface area contributed by atoms with E-state index in [0.717, 1.165) is 12.8 Å². The van der Waals surface area contributed by atoms with E-state index in [9.17, 15) is 9.90 Å². The molecule has 1 heterocycles. The van der Waals surface area contributed by atoms with Crippen molar-refractivity contribution in [2.24, 2.45) is 0 Å². The van der Waals surface area contributed by atoms with E-state index >= 15 is 0 Å². The largest absolute Gasteiger partial charge is 0.504 e. The zero-order valence-electron chi connectivity index (χ0n) is 11.5. The second-order valence-corrected chi connectivity index (χ2v) is 4.99. The van der Waals surface area contributed by atoms with Crippen molar-refractivity contribution in [3.8, 4) is 11.5 Å². The lowest BCUT2D eigenvalue weighted by Gasteiger charge is -2.09. The predicted molar refractivity (Wildman–Crippen MR) is 78.5 cm³/mol. The van der Waals surface area contributed by atoms with Gasteiger partial charge in [-0.1, -0.05) is 6.07 Å². The minimum Gasteiger partial charge on any atom is -0.504 e. The van der Waals surface area contributed by atoms with Gasteiger partial charge in [-0.05, 0) is 54.7 Å². The first-order valence-electron chi connectivity index (χ1n) is 6.91. The van der Waals surface area contributed by atoms with Crippen LogP contribution in [-0.2, 0) is 17.6 Å². The van der Waals surface area contributed by atoms with E-state index < -0.39 is 0 Å². The molecule has 3 rings (SSSR count). The van der Waals surface area contributed by atoms with E-state index in [1.165, 1.54) is 29.8 Å². The average Bonchev–Trinajstić information content (AvgIpc) is 2.95. The highest BCUT2D eigenvalue weighted by molar-refractivity contribution is 5.92. The Labute approximate surface area is 122 Å². The maximum absolute atomic E-state index is 11.8. The van der Waals surface area contributed by atoms with Gasteiger partial charge in [-0.15, -0.1) is 0 Å². The van der Waals surface area contributed by atoms with Gasteiger partial charge in [-0.3, -0.25) is 4.79 Å². The van der Waals surface area contributed by atoms with Crippen LogP contribution in [0.5, 0.6) is 11.5 Å². The third kappa shape index (κ3) is 3.13. The normalized spacial score (nSPS) is 12.8. The average molecular weight is 284 g/mol. The van der Waals surface area contributed by atoms with Crippen molar-refractivity contribution in [2.75, 3.05) is 11.9 Å². The van der Waals surface area contributed by atoms with E-state index in [-0.39, 0.29) is 24.1 Å².